The van der Waals surface area contributed by atoms with Crippen molar-refractivity contribution in [3.05, 3.63) is 53.1 Å². The summed E-state index contributed by atoms with van der Waals surface area (Å²) in [4.78, 5) is 21.6. The van der Waals surface area contributed by atoms with Gasteiger partial charge in [0.15, 0.2) is 15.0 Å². The molecule has 1 heterocycles. The molecule has 0 aliphatic rings. The SMILES string of the molecule is CCS(=O)(=O)c1ccccc1C(=O)N(CCN(C)C)c1nc2ccc(Cl)cc2s1. The minimum Gasteiger partial charge on any atom is -0.308 e. The number of anilines is 1. The van der Waals surface area contributed by atoms with Crippen LogP contribution in [0, 0.1) is 0 Å². The lowest BCUT2D eigenvalue weighted by atomic mass is 10.2. The quantitative estimate of drug-likeness (QED) is 0.544. The topological polar surface area (TPSA) is 70.6 Å². The van der Waals surface area contributed by atoms with Crippen molar-refractivity contribution in [2.75, 3.05) is 37.8 Å². The molecular weight excluding hydrogens is 430 g/mol. The van der Waals surface area contributed by atoms with Gasteiger partial charge < -0.3 is 4.90 Å². The van der Waals surface area contributed by atoms with Gasteiger partial charge in [-0.15, -0.1) is 0 Å². The maximum atomic E-state index is 13.5. The zero-order chi connectivity index (χ0) is 21.2. The Kier molecular flexibility index (Phi) is 6.58. The van der Waals surface area contributed by atoms with Gasteiger partial charge in [-0.2, -0.15) is 0 Å². The number of carbonyl (C=O) groups is 1. The Hall–Kier alpha value is -2.00. The van der Waals surface area contributed by atoms with Crippen LogP contribution in [0.3, 0.4) is 0 Å². The van der Waals surface area contributed by atoms with Crippen LogP contribution in [0.4, 0.5) is 5.13 Å². The molecule has 0 spiro atoms. The van der Waals surface area contributed by atoms with Crippen LogP contribution in [0.15, 0.2) is 47.4 Å². The minimum absolute atomic E-state index is 0.0477. The molecule has 0 aliphatic carbocycles. The van der Waals surface area contributed by atoms with Crippen molar-refractivity contribution in [3.8, 4) is 0 Å². The fraction of sp³-hybridized carbons (Fsp3) is 0.300. The van der Waals surface area contributed by atoms with E-state index in [2.05, 4.69) is 4.98 Å². The molecule has 6 nitrogen and oxygen atoms in total. The van der Waals surface area contributed by atoms with Crippen molar-refractivity contribution in [1.29, 1.82) is 0 Å². The standard InChI is InChI=1S/C20H22ClN3O3S2/c1-4-29(26,27)18-8-6-5-7-15(18)19(25)24(12-11-23(2)3)20-22-16-10-9-14(21)13-17(16)28-20/h5-10,13H,4,11-12H2,1-3H3. The van der Waals surface area contributed by atoms with Gasteiger partial charge in [-0.05, 0) is 44.4 Å². The van der Waals surface area contributed by atoms with Crippen LogP contribution in [0.25, 0.3) is 10.2 Å². The molecule has 0 aliphatic heterocycles. The summed E-state index contributed by atoms with van der Waals surface area (Å²) >= 11 is 7.44. The molecule has 0 saturated carbocycles. The molecule has 0 bridgehead atoms. The molecule has 3 aromatic rings. The molecule has 154 valence electrons. The summed E-state index contributed by atoms with van der Waals surface area (Å²) in [7, 11) is 0.282. The van der Waals surface area contributed by atoms with Gasteiger partial charge in [0.05, 0.1) is 26.4 Å². The highest BCUT2D eigenvalue weighted by atomic mass is 35.5. The Morgan fingerprint density at radius 3 is 2.55 bits per heavy atom. The summed E-state index contributed by atoms with van der Waals surface area (Å²) in [5.74, 6) is -0.459. The first-order valence-electron chi connectivity index (χ1n) is 9.07. The smallest absolute Gasteiger partial charge is 0.261 e. The zero-order valence-corrected chi connectivity index (χ0v) is 18.8. The molecule has 0 radical (unpaired) electrons. The lowest BCUT2D eigenvalue weighted by molar-refractivity contribution is 0.0982. The number of carbonyl (C=O) groups excluding carboxylic acids is 1. The molecular formula is C20H22ClN3O3S2. The number of sulfone groups is 1. The van der Waals surface area contributed by atoms with Crippen LogP contribution >= 0.6 is 22.9 Å². The van der Waals surface area contributed by atoms with E-state index in [1.807, 2.05) is 31.1 Å². The van der Waals surface area contributed by atoms with Crippen LogP contribution in [0.1, 0.15) is 17.3 Å². The lowest BCUT2D eigenvalue weighted by Crippen LogP contribution is -2.37. The number of nitrogens with zero attached hydrogens (tertiary/aromatic N) is 3. The normalized spacial score (nSPS) is 11.9. The largest absolute Gasteiger partial charge is 0.308 e. The molecule has 29 heavy (non-hydrogen) atoms. The Morgan fingerprint density at radius 2 is 1.86 bits per heavy atom. The Labute approximate surface area is 179 Å². The third-order valence-electron chi connectivity index (χ3n) is 4.42. The first kappa shape index (κ1) is 21.7. The number of amides is 1. The first-order valence-corrected chi connectivity index (χ1v) is 11.9. The molecule has 0 atom stereocenters. The van der Waals surface area contributed by atoms with Crippen LogP contribution in [-0.2, 0) is 9.84 Å². The van der Waals surface area contributed by atoms with Crippen molar-refractivity contribution in [2.24, 2.45) is 0 Å². The van der Waals surface area contributed by atoms with Gasteiger partial charge in [0.2, 0.25) is 0 Å². The van der Waals surface area contributed by atoms with Crippen molar-refractivity contribution in [3.63, 3.8) is 0 Å². The number of aromatic nitrogens is 1. The summed E-state index contributed by atoms with van der Waals surface area (Å²) in [5, 5.41) is 1.11. The molecule has 3 rings (SSSR count). The van der Waals surface area contributed by atoms with E-state index in [-0.39, 0.29) is 22.1 Å². The Balaban J connectivity index is 2.09. The number of benzene rings is 2. The van der Waals surface area contributed by atoms with E-state index < -0.39 is 9.84 Å². The Bertz CT molecular complexity index is 1140. The third kappa shape index (κ3) is 4.78. The molecule has 0 unspecified atom stereocenters. The summed E-state index contributed by atoms with van der Waals surface area (Å²) in [6.07, 6.45) is 0. The molecule has 1 aromatic heterocycles. The highest BCUT2D eigenvalue weighted by molar-refractivity contribution is 7.91. The van der Waals surface area contributed by atoms with Gasteiger partial charge in [0.25, 0.3) is 5.91 Å². The number of halogens is 1. The fourth-order valence-corrected chi connectivity index (χ4v) is 5.15. The average molecular weight is 452 g/mol. The summed E-state index contributed by atoms with van der Waals surface area (Å²) < 4.78 is 25.9. The number of likely N-dealkylation sites (N-methyl/N-ethyl adjacent to an activating group) is 1. The average Bonchev–Trinajstić information content (AvgIpc) is 3.10. The summed E-state index contributed by atoms with van der Waals surface area (Å²) in [5.41, 5.74) is 0.900. The van der Waals surface area contributed by atoms with Crippen LogP contribution in [0.5, 0.6) is 0 Å². The van der Waals surface area contributed by atoms with Gasteiger partial charge in [-0.3, -0.25) is 9.69 Å². The van der Waals surface area contributed by atoms with Crippen molar-refractivity contribution in [1.82, 2.24) is 9.88 Å². The highest BCUT2D eigenvalue weighted by Gasteiger charge is 2.27. The lowest BCUT2D eigenvalue weighted by Gasteiger charge is -2.23. The second-order valence-electron chi connectivity index (χ2n) is 6.77. The van der Waals surface area contributed by atoms with Crippen LogP contribution in [-0.4, -0.2) is 57.1 Å². The van der Waals surface area contributed by atoms with E-state index in [9.17, 15) is 13.2 Å². The molecule has 2 aromatic carbocycles. The predicted molar refractivity (Wildman–Crippen MR) is 119 cm³/mol. The maximum Gasteiger partial charge on any atom is 0.261 e. The minimum atomic E-state index is -3.54. The van der Waals surface area contributed by atoms with Crippen LogP contribution < -0.4 is 4.90 Å². The third-order valence-corrected chi connectivity index (χ3v) is 7.48. The van der Waals surface area contributed by atoms with Crippen molar-refractivity contribution < 1.29 is 13.2 Å². The van der Waals surface area contributed by atoms with E-state index in [4.69, 9.17) is 11.6 Å². The first-order chi connectivity index (χ1) is 13.7. The van der Waals surface area contributed by atoms with E-state index in [0.29, 0.717) is 23.2 Å². The van der Waals surface area contributed by atoms with E-state index >= 15 is 0 Å². The van der Waals surface area contributed by atoms with Crippen molar-refractivity contribution >= 4 is 54.0 Å². The predicted octanol–water partition coefficient (Wildman–Crippen LogP) is 3.95. The number of thiazole rings is 1. The van der Waals surface area contributed by atoms with E-state index in [1.54, 1.807) is 36.1 Å². The van der Waals surface area contributed by atoms with Crippen LogP contribution in [0.2, 0.25) is 5.02 Å². The fourth-order valence-electron chi connectivity index (χ4n) is 2.80. The van der Waals surface area contributed by atoms with Gasteiger partial charge in [-0.1, -0.05) is 42.0 Å². The van der Waals surface area contributed by atoms with Gasteiger partial charge >= 0.3 is 0 Å². The molecule has 1 amide bonds. The number of rotatable bonds is 7. The van der Waals surface area contributed by atoms with Crippen molar-refractivity contribution in [2.45, 2.75) is 11.8 Å². The van der Waals surface area contributed by atoms with Gasteiger partial charge in [-0.25, -0.2) is 13.4 Å². The second kappa shape index (κ2) is 8.79. The van der Waals surface area contributed by atoms with E-state index in [1.165, 1.54) is 17.4 Å². The monoisotopic (exact) mass is 451 g/mol. The number of hydrogen-bond acceptors (Lipinski definition) is 6. The van der Waals surface area contributed by atoms with Gasteiger partial charge in [0.1, 0.15) is 0 Å². The number of fused-ring (bicyclic) bond motifs is 1. The maximum absolute atomic E-state index is 13.5. The summed E-state index contributed by atoms with van der Waals surface area (Å²) in [6.45, 7) is 2.54. The number of hydrogen-bond donors (Lipinski definition) is 0. The molecule has 0 fully saturated rings. The second-order valence-corrected chi connectivity index (χ2v) is 10.5. The van der Waals surface area contributed by atoms with E-state index in [0.717, 1.165) is 10.2 Å². The zero-order valence-electron chi connectivity index (χ0n) is 16.4. The molecule has 0 N–H and O–H groups in total. The molecule has 9 heteroatoms. The summed E-state index contributed by atoms with van der Waals surface area (Å²) in [6, 6.07) is 11.7. The molecule has 0 saturated heterocycles. The Morgan fingerprint density at radius 1 is 1.14 bits per heavy atom. The van der Waals surface area contributed by atoms with Gasteiger partial charge in [0, 0.05) is 18.1 Å². The highest BCUT2D eigenvalue weighted by Crippen LogP contribution is 2.32.